The van der Waals surface area contributed by atoms with Crippen LogP contribution in [-0.4, -0.2) is 24.3 Å². The average Bonchev–Trinajstić information content (AvgIpc) is 2.05. The minimum Gasteiger partial charge on any atom is -0.466 e. The van der Waals surface area contributed by atoms with Crippen molar-refractivity contribution >= 4 is 5.97 Å². The van der Waals surface area contributed by atoms with Gasteiger partial charge in [-0.25, -0.2) is 0 Å². The van der Waals surface area contributed by atoms with Crippen molar-refractivity contribution in [3.05, 3.63) is 0 Å². The summed E-state index contributed by atoms with van der Waals surface area (Å²) in [5.74, 6) is 0.258. The highest BCUT2D eigenvalue weighted by Gasteiger charge is 1.88. The van der Waals surface area contributed by atoms with E-state index in [1.165, 1.54) is 6.92 Å². The zero-order chi connectivity index (χ0) is 10.7. The summed E-state index contributed by atoms with van der Waals surface area (Å²) in [6, 6.07) is 0. The fourth-order valence-corrected chi connectivity index (χ4v) is 0.360. The van der Waals surface area contributed by atoms with E-state index in [0.29, 0.717) is 19.1 Å². The molecule has 0 aliphatic heterocycles. The van der Waals surface area contributed by atoms with Crippen LogP contribution in [0, 0.1) is 5.92 Å². The van der Waals surface area contributed by atoms with E-state index in [1.54, 1.807) is 0 Å². The lowest BCUT2D eigenvalue weighted by atomic mass is 10.2. The van der Waals surface area contributed by atoms with Crippen LogP contribution in [0.15, 0.2) is 0 Å². The highest BCUT2D eigenvalue weighted by Crippen LogP contribution is 1.86. The summed E-state index contributed by atoms with van der Waals surface area (Å²) in [6.45, 7) is 8.31. The first-order valence-electron chi connectivity index (χ1n) is 4.78. The third kappa shape index (κ3) is 24.6. The van der Waals surface area contributed by atoms with Crippen molar-refractivity contribution in [1.82, 2.24) is 0 Å². The Kier molecular flexibility index (Phi) is 13.1. The second-order valence-electron chi connectivity index (χ2n) is 3.27. The number of unbranched alkanes of at least 4 members (excludes halogenated alkanes) is 1. The van der Waals surface area contributed by atoms with E-state index in [-0.39, 0.29) is 5.97 Å². The van der Waals surface area contributed by atoms with E-state index in [0.717, 1.165) is 12.8 Å². The Morgan fingerprint density at radius 1 is 1.46 bits per heavy atom. The fraction of sp³-hybridized carbons (Fsp3) is 0.900. The predicted octanol–water partition coefficient (Wildman–Crippen LogP) is 1.98. The van der Waals surface area contributed by atoms with E-state index in [2.05, 4.69) is 11.7 Å². The quantitative estimate of drug-likeness (QED) is 0.544. The van der Waals surface area contributed by atoms with Crippen LogP contribution in [0.4, 0.5) is 0 Å². The molecule has 0 saturated carbocycles. The van der Waals surface area contributed by atoms with E-state index in [9.17, 15) is 4.79 Å². The van der Waals surface area contributed by atoms with Crippen LogP contribution in [0.1, 0.15) is 40.5 Å². The van der Waals surface area contributed by atoms with Crippen LogP contribution in [0.2, 0.25) is 0 Å². The number of carbonyl (C=O) groups is 1. The molecule has 0 aliphatic carbocycles. The Labute approximate surface area is 81.1 Å². The molecule has 0 fully saturated rings. The normalized spacial score (nSPS) is 9.08. The Bertz CT molecular complexity index is 111. The summed E-state index contributed by atoms with van der Waals surface area (Å²) in [4.78, 5) is 10.1. The fourth-order valence-electron chi connectivity index (χ4n) is 0.360. The summed E-state index contributed by atoms with van der Waals surface area (Å²) >= 11 is 0. The first kappa shape index (κ1) is 14.9. The van der Waals surface area contributed by atoms with E-state index in [1.807, 2.05) is 13.8 Å². The summed E-state index contributed by atoms with van der Waals surface area (Å²) in [6.07, 6.45) is 2.05. The molecule has 0 aliphatic rings. The third-order valence-corrected chi connectivity index (χ3v) is 1.17. The first-order valence-corrected chi connectivity index (χ1v) is 4.78. The SMILES string of the molecule is CC(C)CO.CCCCOC(C)=O. The van der Waals surface area contributed by atoms with Crippen LogP contribution in [0.5, 0.6) is 0 Å². The van der Waals surface area contributed by atoms with Crippen molar-refractivity contribution in [1.29, 1.82) is 0 Å². The topological polar surface area (TPSA) is 46.5 Å². The zero-order valence-electron chi connectivity index (χ0n) is 9.17. The maximum atomic E-state index is 10.1. The Morgan fingerprint density at radius 3 is 2.15 bits per heavy atom. The van der Waals surface area contributed by atoms with E-state index < -0.39 is 0 Å². The summed E-state index contributed by atoms with van der Waals surface area (Å²) in [5.41, 5.74) is 0. The van der Waals surface area contributed by atoms with Gasteiger partial charge in [0.1, 0.15) is 0 Å². The van der Waals surface area contributed by atoms with Gasteiger partial charge in [0.05, 0.1) is 6.61 Å². The number of ether oxygens (including phenoxy) is 1. The molecule has 0 amide bonds. The number of hydrogen-bond acceptors (Lipinski definition) is 3. The molecule has 0 rings (SSSR count). The first-order chi connectivity index (χ1) is 6.04. The minimum atomic E-state index is -0.182. The Balaban J connectivity index is 0. The van der Waals surface area contributed by atoms with Gasteiger partial charge in [0.15, 0.2) is 0 Å². The summed E-state index contributed by atoms with van der Waals surface area (Å²) in [7, 11) is 0. The maximum Gasteiger partial charge on any atom is 0.302 e. The molecule has 0 unspecified atom stereocenters. The van der Waals surface area contributed by atoms with Crippen molar-refractivity contribution in [3.8, 4) is 0 Å². The average molecular weight is 190 g/mol. The van der Waals surface area contributed by atoms with Crippen LogP contribution in [0.3, 0.4) is 0 Å². The molecule has 80 valence electrons. The minimum absolute atomic E-state index is 0.182. The van der Waals surface area contributed by atoms with Crippen LogP contribution < -0.4 is 0 Å². The second kappa shape index (κ2) is 11.4. The van der Waals surface area contributed by atoms with Crippen molar-refractivity contribution < 1.29 is 14.6 Å². The van der Waals surface area contributed by atoms with Crippen LogP contribution in [0.25, 0.3) is 0 Å². The van der Waals surface area contributed by atoms with Gasteiger partial charge in [-0.3, -0.25) is 4.79 Å². The molecule has 0 bridgehead atoms. The number of aliphatic hydroxyl groups is 1. The molecule has 13 heavy (non-hydrogen) atoms. The molecule has 0 saturated heterocycles. The van der Waals surface area contributed by atoms with E-state index in [4.69, 9.17) is 5.11 Å². The van der Waals surface area contributed by atoms with Gasteiger partial charge in [-0.1, -0.05) is 27.2 Å². The lowest BCUT2D eigenvalue weighted by molar-refractivity contribution is -0.141. The summed E-state index contributed by atoms with van der Waals surface area (Å²) < 4.78 is 4.64. The Hall–Kier alpha value is -0.570. The van der Waals surface area contributed by atoms with E-state index >= 15 is 0 Å². The second-order valence-corrected chi connectivity index (χ2v) is 3.27. The van der Waals surface area contributed by atoms with Gasteiger partial charge >= 0.3 is 5.97 Å². The van der Waals surface area contributed by atoms with Gasteiger partial charge in [0.25, 0.3) is 0 Å². The highest BCUT2D eigenvalue weighted by molar-refractivity contribution is 5.65. The highest BCUT2D eigenvalue weighted by atomic mass is 16.5. The largest absolute Gasteiger partial charge is 0.466 e. The predicted molar refractivity (Wildman–Crippen MR) is 53.5 cm³/mol. The molecule has 0 aromatic rings. The maximum absolute atomic E-state index is 10.1. The van der Waals surface area contributed by atoms with Gasteiger partial charge in [0.2, 0.25) is 0 Å². The van der Waals surface area contributed by atoms with Gasteiger partial charge in [-0.2, -0.15) is 0 Å². The molecule has 0 atom stereocenters. The van der Waals surface area contributed by atoms with Gasteiger partial charge in [0, 0.05) is 13.5 Å². The molecule has 3 heteroatoms. The van der Waals surface area contributed by atoms with Crippen molar-refractivity contribution in [3.63, 3.8) is 0 Å². The molecule has 0 heterocycles. The van der Waals surface area contributed by atoms with Crippen molar-refractivity contribution in [2.45, 2.75) is 40.5 Å². The van der Waals surface area contributed by atoms with Gasteiger partial charge in [-0.15, -0.1) is 0 Å². The van der Waals surface area contributed by atoms with Gasteiger partial charge < -0.3 is 9.84 Å². The number of esters is 1. The molecule has 0 spiro atoms. The summed E-state index contributed by atoms with van der Waals surface area (Å²) in [5, 5.41) is 8.14. The number of carbonyl (C=O) groups excluding carboxylic acids is 1. The smallest absolute Gasteiger partial charge is 0.302 e. The third-order valence-electron chi connectivity index (χ3n) is 1.17. The van der Waals surface area contributed by atoms with Crippen molar-refractivity contribution in [2.75, 3.05) is 13.2 Å². The molecule has 1 N–H and O–H groups in total. The molecule has 0 aromatic carbocycles. The number of rotatable bonds is 4. The monoisotopic (exact) mass is 190 g/mol. The lowest BCUT2D eigenvalue weighted by Crippen LogP contribution is -1.99. The molecule has 0 aromatic heterocycles. The van der Waals surface area contributed by atoms with Crippen LogP contribution in [-0.2, 0) is 9.53 Å². The van der Waals surface area contributed by atoms with Crippen molar-refractivity contribution in [2.24, 2.45) is 5.92 Å². The molecule has 3 nitrogen and oxygen atoms in total. The van der Waals surface area contributed by atoms with Gasteiger partial charge in [-0.05, 0) is 12.3 Å². The lowest BCUT2D eigenvalue weighted by Gasteiger charge is -1.96. The molecule has 0 radical (unpaired) electrons. The number of hydrogen-bond donors (Lipinski definition) is 1. The molecular formula is C10H22O3. The van der Waals surface area contributed by atoms with Crippen LogP contribution >= 0.6 is 0 Å². The standard InChI is InChI=1S/C6H12O2.C4H10O/c1-3-4-5-8-6(2)7;1-4(2)3-5/h3-5H2,1-2H3;4-5H,3H2,1-2H3. The Morgan fingerprint density at radius 2 is 1.92 bits per heavy atom. The zero-order valence-corrected chi connectivity index (χ0v) is 9.17. The number of aliphatic hydroxyl groups excluding tert-OH is 1. The molecular weight excluding hydrogens is 168 g/mol.